The normalized spacial score (nSPS) is 26.0. The largest absolute Gasteiger partial charge is 0.481 e. The third-order valence-electron chi connectivity index (χ3n) is 3.72. The zero-order valence-corrected chi connectivity index (χ0v) is 10.3. The lowest BCUT2D eigenvalue weighted by molar-refractivity contribution is -0.139. The van der Waals surface area contributed by atoms with Gasteiger partial charge in [0.15, 0.2) is 0 Å². The van der Waals surface area contributed by atoms with Gasteiger partial charge in [-0.05, 0) is 23.3 Å². The number of aliphatic carboxylic acids is 1. The first kappa shape index (κ1) is 11.9. The number of benzene rings is 1. The minimum Gasteiger partial charge on any atom is -0.481 e. The molecule has 17 heavy (non-hydrogen) atoms. The van der Waals surface area contributed by atoms with Crippen LogP contribution in [0.15, 0.2) is 42.5 Å². The van der Waals surface area contributed by atoms with Gasteiger partial charge in [-0.2, -0.15) is 0 Å². The van der Waals surface area contributed by atoms with Crippen molar-refractivity contribution in [3.63, 3.8) is 0 Å². The summed E-state index contributed by atoms with van der Waals surface area (Å²) < 4.78 is 0. The minimum atomic E-state index is -0.677. The molecule has 1 N–H and O–H groups in total. The van der Waals surface area contributed by atoms with Crippen molar-refractivity contribution < 1.29 is 9.90 Å². The van der Waals surface area contributed by atoms with Gasteiger partial charge in [0.2, 0.25) is 0 Å². The summed E-state index contributed by atoms with van der Waals surface area (Å²) in [5.41, 5.74) is 1.17. The van der Waals surface area contributed by atoms with Crippen LogP contribution in [0.1, 0.15) is 19.4 Å². The number of carboxylic acids is 1. The summed E-state index contributed by atoms with van der Waals surface area (Å²) in [6.07, 6.45) is 5.02. The molecule has 0 heterocycles. The van der Waals surface area contributed by atoms with Crippen LogP contribution in [0, 0.1) is 17.3 Å². The first-order chi connectivity index (χ1) is 8.03. The second-order valence-electron chi connectivity index (χ2n) is 5.28. The van der Waals surface area contributed by atoms with Crippen molar-refractivity contribution in [3.8, 4) is 0 Å². The highest BCUT2D eigenvalue weighted by molar-refractivity contribution is 5.76. The third-order valence-corrected chi connectivity index (χ3v) is 3.72. The molecule has 1 saturated carbocycles. The van der Waals surface area contributed by atoms with Gasteiger partial charge >= 0.3 is 5.97 Å². The Bertz CT molecular complexity index is 431. The molecule has 0 saturated heterocycles. The van der Waals surface area contributed by atoms with Gasteiger partial charge in [-0.25, -0.2) is 0 Å². The Morgan fingerprint density at radius 1 is 1.35 bits per heavy atom. The number of carboxylic acid groups (broad SMARTS) is 1. The van der Waals surface area contributed by atoms with E-state index in [0.29, 0.717) is 0 Å². The molecule has 0 radical (unpaired) electrons. The highest BCUT2D eigenvalue weighted by Gasteiger charge is 2.60. The van der Waals surface area contributed by atoms with Crippen molar-refractivity contribution >= 4 is 5.97 Å². The monoisotopic (exact) mass is 230 g/mol. The summed E-state index contributed by atoms with van der Waals surface area (Å²) >= 11 is 0. The van der Waals surface area contributed by atoms with Crippen LogP contribution in [0.2, 0.25) is 0 Å². The van der Waals surface area contributed by atoms with E-state index < -0.39 is 5.97 Å². The highest BCUT2D eigenvalue weighted by Crippen LogP contribution is 2.59. The van der Waals surface area contributed by atoms with Crippen LogP contribution >= 0.6 is 0 Å². The van der Waals surface area contributed by atoms with E-state index in [2.05, 4.69) is 24.3 Å². The Morgan fingerprint density at radius 2 is 2.00 bits per heavy atom. The van der Waals surface area contributed by atoms with Crippen molar-refractivity contribution in [2.75, 3.05) is 0 Å². The molecule has 0 aliphatic heterocycles. The van der Waals surface area contributed by atoms with Crippen molar-refractivity contribution in [2.45, 2.75) is 20.3 Å². The van der Waals surface area contributed by atoms with E-state index >= 15 is 0 Å². The lowest BCUT2D eigenvalue weighted by Crippen LogP contribution is -2.02. The number of allylic oxidation sites excluding steroid dienone is 2. The summed E-state index contributed by atoms with van der Waals surface area (Å²) in [5, 5.41) is 9.04. The van der Waals surface area contributed by atoms with E-state index in [9.17, 15) is 4.79 Å². The molecule has 1 aromatic rings. The van der Waals surface area contributed by atoms with Crippen LogP contribution in [0.25, 0.3) is 0 Å². The molecule has 1 fully saturated rings. The molecule has 90 valence electrons. The molecular weight excluding hydrogens is 212 g/mol. The molecule has 1 aliphatic carbocycles. The Labute approximate surface area is 102 Å². The van der Waals surface area contributed by atoms with Gasteiger partial charge < -0.3 is 5.11 Å². The predicted octanol–water partition coefficient (Wildman–Crippen LogP) is 3.14. The smallest absolute Gasteiger partial charge is 0.307 e. The number of carbonyl (C=O) groups is 1. The SMILES string of the molecule is CC1(C)C(C=CCc2ccccc2)C1C(=O)O. The van der Waals surface area contributed by atoms with Crippen LogP contribution in [-0.2, 0) is 11.2 Å². The van der Waals surface area contributed by atoms with Crippen molar-refractivity contribution in [2.24, 2.45) is 17.3 Å². The maximum atomic E-state index is 11.0. The molecule has 1 aromatic carbocycles. The number of hydrogen-bond acceptors (Lipinski definition) is 1. The number of rotatable bonds is 4. The van der Waals surface area contributed by atoms with Gasteiger partial charge in [0, 0.05) is 0 Å². The summed E-state index contributed by atoms with van der Waals surface area (Å²) in [6, 6.07) is 10.2. The molecular formula is C15H18O2. The van der Waals surface area contributed by atoms with Crippen LogP contribution in [-0.4, -0.2) is 11.1 Å². The Kier molecular flexibility index (Phi) is 3.05. The highest BCUT2D eigenvalue weighted by atomic mass is 16.4. The van der Waals surface area contributed by atoms with Crippen molar-refractivity contribution in [1.29, 1.82) is 0 Å². The fourth-order valence-corrected chi connectivity index (χ4v) is 2.47. The zero-order valence-electron chi connectivity index (χ0n) is 10.3. The van der Waals surface area contributed by atoms with Crippen LogP contribution in [0.3, 0.4) is 0 Å². The van der Waals surface area contributed by atoms with E-state index in [1.165, 1.54) is 5.56 Å². The van der Waals surface area contributed by atoms with Gasteiger partial charge in [-0.3, -0.25) is 4.79 Å². The molecule has 2 heteroatoms. The van der Waals surface area contributed by atoms with Crippen molar-refractivity contribution in [3.05, 3.63) is 48.0 Å². The molecule has 2 atom stereocenters. The predicted molar refractivity (Wildman–Crippen MR) is 67.7 cm³/mol. The van der Waals surface area contributed by atoms with E-state index in [1.807, 2.05) is 32.0 Å². The average Bonchev–Trinajstić information content (AvgIpc) is 2.82. The number of hydrogen-bond donors (Lipinski definition) is 1. The first-order valence-electron chi connectivity index (χ1n) is 5.97. The quantitative estimate of drug-likeness (QED) is 0.807. The van der Waals surface area contributed by atoms with Gasteiger partial charge in [0.05, 0.1) is 5.92 Å². The minimum absolute atomic E-state index is 0.0843. The molecule has 0 spiro atoms. The van der Waals surface area contributed by atoms with Gasteiger partial charge in [0.25, 0.3) is 0 Å². The topological polar surface area (TPSA) is 37.3 Å². The molecule has 2 rings (SSSR count). The molecule has 1 aliphatic rings. The fraction of sp³-hybridized carbons (Fsp3) is 0.400. The van der Waals surface area contributed by atoms with Crippen LogP contribution in [0.5, 0.6) is 0 Å². The molecule has 2 unspecified atom stereocenters. The van der Waals surface area contributed by atoms with E-state index in [4.69, 9.17) is 5.11 Å². The van der Waals surface area contributed by atoms with E-state index in [-0.39, 0.29) is 17.3 Å². The maximum absolute atomic E-state index is 11.0. The Balaban J connectivity index is 1.93. The fourth-order valence-electron chi connectivity index (χ4n) is 2.47. The standard InChI is InChI=1S/C15H18O2/c1-15(2)12(13(15)14(16)17)10-6-9-11-7-4-3-5-8-11/h3-8,10,12-13H,9H2,1-2H3,(H,16,17). The lowest BCUT2D eigenvalue weighted by atomic mass is 10.1. The molecule has 2 nitrogen and oxygen atoms in total. The summed E-state index contributed by atoms with van der Waals surface area (Å²) in [7, 11) is 0. The van der Waals surface area contributed by atoms with Gasteiger partial charge in [-0.15, -0.1) is 0 Å². The lowest BCUT2D eigenvalue weighted by Gasteiger charge is -1.97. The van der Waals surface area contributed by atoms with Gasteiger partial charge in [-0.1, -0.05) is 56.3 Å². The van der Waals surface area contributed by atoms with Crippen LogP contribution < -0.4 is 0 Å². The average molecular weight is 230 g/mol. The summed E-state index contributed by atoms with van der Waals surface area (Å²) in [6.45, 7) is 4.03. The molecule has 0 aromatic heterocycles. The Hall–Kier alpha value is -1.57. The third kappa shape index (κ3) is 2.41. The zero-order chi connectivity index (χ0) is 12.5. The van der Waals surface area contributed by atoms with E-state index in [1.54, 1.807) is 0 Å². The second-order valence-corrected chi connectivity index (χ2v) is 5.28. The molecule has 0 bridgehead atoms. The van der Waals surface area contributed by atoms with Gasteiger partial charge in [0.1, 0.15) is 0 Å². The first-order valence-corrected chi connectivity index (χ1v) is 5.97. The van der Waals surface area contributed by atoms with Crippen LogP contribution in [0.4, 0.5) is 0 Å². The van der Waals surface area contributed by atoms with E-state index in [0.717, 1.165) is 6.42 Å². The maximum Gasteiger partial charge on any atom is 0.307 e. The Morgan fingerprint density at radius 3 is 2.53 bits per heavy atom. The summed E-state index contributed by atoms with van der Waals surface area (Å²) in [4.78, 5) is 11.0. The van der Waals surface area contributed by atoms with Crippen molar-refractivity contribution in [1.82, 2.24) is 0 Å². The second kappa shape index (κ2) is 4.36. The summed E-state index contributed by atoms with van der Waals surface area (Å²) in [5.74, 6) is -0.706. The molecule has 0 amide bonds.